The number of carboxylic acids is 1. The van der Waals surface area contributed by atoms with Crippen LogP contribution in [0.1, 0.15) is 90.5 Å². The molecule has 1 heterocycles. The Morgan fingerprint density at radius 2 is 1.47 bits per heavy atom. The molecule has 8 nitrogen and oxygen atoms in total. The van der Waals surface area contributed by atoms with Crippen LogP contribution in [0.25, 0.3) is 11.1 Å². The minimum atomic E-state index is -0.953. The van der Waals surface area contributed by atoms with Crippen LogP contribution in [0.3, 0.4) is 0 Å². The third-order valence-corrected chi connectivity index (χ3v) is 13.1. The number of hydrogen-bond donors (Lipinski definition) is 4. The van der Waals surface area contributed by atoms with Gasteiger partial charge in [0.1, 0.15) is 0 Å². The third-order valence-electron chi connectivity index (χ3n) is 11.9. The van der Waals surface area contributed by atoms with Crippen LogP contribution in [-0.2, 0) is 22.6 Å². The summed E-state index contributed by atoms with van der Waals surface area (Å²) in [6.45, 7) is 2.52. The fraction of sp³-hybridized carbons (Fsp3) is 0.409. The number of nitrogens with one attached hydrogen (secondary N) is 2. The fourth-order valence-electron chi connectivity index (χ4n) is 9.71. The van der Waals surface area contributed by atoms with Crippen molar-refractivity contribution >= 4 is 23.8 Å². The summed E-state index contributed by atoms with van der Waals surface area (Å²) in [6.07, 6.45) is 6.22. The molecule has 0 aromatic heterocycles. The molecule has 1 saturated heterocycles. The number of aliphatic hydroxyl groups is 1. The number of benzene rings is 4. The highest BCUT2D eigenvalue weighted by atomic mass is 32.2. The monoisotopic (exact) mass is 732 g/mol. The van der Waals surface area contributed by atoms with Gasteiger partial charge < -0.3 is 30.3 Å². The number of thioether (sulfide) groups is 1. The van der Waals surface area contributed by atoms with Gasteiger partial charge >= 0.3 is 12.0 Å². The first-order chi connectivity index (χ1) is 25.7. The molecule has 2 amide bonds. The Labute approximate surface area is 315 Å². The Bertz CT molecular complexity index is 1910. The van der Waals surface area contributed by atoms with E-state index in [-0.39, 0.29) is 41.9 Å². The molecule has 5 fully saturated rings. The summed E-state index contributed by atoms with van der Waals surface area (Å²) in [6, 6.07) is 31.3. The summed E-state index contributed by atoms with van der Waals surface area (Å²) in [5, 5.41) is 26.0. The Hall–Kier alpha value is -4.15. The van der Waals surface area contributed by atoms with Gasteiger partial charge in [-0.25, -0.2) is 9.59 Å². The van der Waals surface area contributed by atoms with Crippen LogP contribution >= 0.6 is 11.8 Å². The lowest BCUT2D eigenvalue weighted by atomic mass is 9.53. The quantitative estimate of drug-likeness (QED) is 0.114. The molecule has 4 aromatic carbocycles. The number of ether oxygens (including phenoxy) is 2. The lowest BCUT2D eigenvalue weighted by Crippen LogP contribution is -2.61. The highest BCUT2D eigenvalue weighted by Gasteiger charge is 2.51. The Morgan fingerprint density at radius 1 is 0.792 bits per heavy atom. The minimum absolute atomic E-state index is 0.0231. The van der Waals surface area contributed by atoms with Crippen LogP contribution in [0.4, 0.5) is 4.79 Å². The minimum Gasteiger partial charge on any atom is -0.478 e. The molecule has 4 saturated carbocycles. The Morgan fingerprint density at radius 3 is 2.17 bits per heavy atom. The normalized spacial score (nSPS) is 28.8. The molecule has 4 aromatic rings. The number of urea groups is 1. The summed E-state index contributed by atoms with van der Waals surface area (Å²) in [5.41, 5.74) is 6.03. The topological polar surface area (TPSA) is 117 Å². The van der Waals surface area contributed by atoms with E-state index < -0.39 is 12.3 Å². The number of amides is 2. The van der Waals surface area contributed by atoms with Gasteiger partial charge in [0, 0.05) is 34.2 Å². The summed E-state index contributed by atoms with van der Waals surface area (Å²) in [4.78, 5) is 25.8. The van der Waals surface area contributed by atoms with E-state index in [1.165, 1.54) is 31.0 Å². The van der Waals surface area contributed by atoms with Crippen molar-refractivity contribution in [3.63, 3.8) is 0 Å². The van der Waals surface area contributed by atoms with Crippen LogP contribution in [-0.4, -0.2) is 39.6 Å². The largest absolute Gasteiger partial charge is 0.478 e. The van der Waals surface area contributed by atoms with E-state index in [1.807, 2.05) is 60.7 Å². The second-order valence-corrected chi connectivity index (χ2v) is 16.8. The van der Waals surface area contributed by atoms with Crippen LogP contribution in [0.15, 0.2) is 102 Å². The van der Waals surface area contributed by atoms with Gasteiger partial charge in [0.15, 0.2) is 6.29 Å². The van der Waals surface area contributed by atoms with E-state index in [4.69, 9.17) is 9.47 Å². The van der Waals surface area contributed by atoms with Crippen LogP contribution in [0.2, 0.25) is 0 Å². The lowest BCUT2D eigenvalue weighted by Gasteiger charge is -2.56. The standard InChI is InChI=1S/C44H48N2O6S/c1-27-38(26-53-39-11-3-2-10-37(39)41(48)49)51-42(52-40(27)33-14-12-28(25-47)13-15-33)36-9-5-8-35(20-36)34-7-4-6-29(19-34)24-45-43(50)46-44-21-30-16-31(22-44)18-32(17-30)23-44/h2-15,19-20,27,30-32,38,40,42,47H,16-18,21-26H2,1H3,(H,48,49)(H2,45,46,50)/t27-,30?,31?,32?,38+,40+,42+,44?/m1/s1. The molecule has 4 bridgehead atoms. The smallest absolute Gasteiger partial charge is 0.336 e. The number of carbonyl (C=O) groups excluding carboxylic acids is 1. The number of aliphatic hydroxyl groups excluding tert-OH is 1. The predicted octanol–water partition coefficient (Wildman–Crippen LogP) is 8.90. The van der Waals surface area contributed by atoms with E-state index >= 15 is 0 Å². The average molecular weight is 733 g/mol. The van der Waals surface area contributed by atoms with Crippen molar-refractivity contribution in [3.05, 3.63) is 125 Å². The maximum atomic E-state index is 13.2. The molecule has 4 atom stereocenters. The van der Waals surface area contributed by atoms with Gasteiger partial charge in [-0.2, -0.15) is 0 Å². The van der Waals surface area contributed by atoms with Crippen molar-refractivity contribution in [2.45, 2.75) is 87.5 Å². The Kier molecular flexibility index (Phi) is 10.4. The zero-order valence-corrected chi connectivity index (χ0v) is 30.9. The first-order valence-electron chi connectivity index (χ1n) is 19.0. The second kappa shape index (κ2) is 15.3. The van der Waals surface area contributed by atoms with E-state index in [2.05, 4.69) is 41.8 Å². The number of rotatable bonds is 11. The molecule has 276 valence electrons. The molecule has 4 aliphatic carbocycles. The van der Waals surface area contributed by atoms with Crippen molar-refractivity contribution in [2.24, 2.45) is 23.7 Å². The molecule has 5 aliphatic rings. The molecule has 9 rings (SSSR count). The van der Waals surface area contributed by atoms with Crippen LogP contribution < -0.4 is 10.6 Å². The third kappa shape index (κ3) is 7.90. The summed E-state index contributed by atoms with van der Waals surface area (Å²) < 4.78 is 13.4. The van der Waals surface area contributed by atoms with Crippen molar-refractivity contribution in [1.82, 2.24) is 10.6 Å². The summed E-state index contributed by atoms with van der Waals surface area (Å²) in [7, 11) is 0. The fourth-order valence-corrected chi connectivity index (χ4v) is 10.9. The molecule has 9 heteroatoms. The first-order valence-corrected chi connectivity index (χ1v) is 19.9. The van der Waals surface area contributed by atoms with E-state index in [9.17, 15) is 19.8 Å². The van der Waals surface area contributed by atoms with Gasteiger partial charge in [0.05, 0.1) is 24.4 Å². The van der Waals surface area contributed by atoms with Crippen LogP contribution in [0.5, 0.6) is 0 Å². The molecular formula is C44H48N2O6S. The van der Waals surface area contributed by atoms with Gasteiger partial charge in [-0.3, -0.25) is 0 Å². The zero-order valence-electron chi connectivity index (χ0n) is 30.1. The van der Waals surface area contributed by atoms with Gasteiger partial charge in [0.2, 0.25) is 0 Å². The maximum Gasteiger partial charge on any atom is 0.336 e. The predicted molar refractivity (Wildman–Crippen MR) is 205 cm³/mol. The average Bonchev–Trinajstić information content (AvgIpc) is 3.16. The van der Waals surface area contributed by atoms with E-state index in [1.54, 1.807) is 12.1 Å². The molecule has 0 spiro atoms. The number of carboxylic acid groups (broad SMARTS) is 1. The van der Waals surface area contributed by atoms with Crippen molar-refractivity contribution in [1.29, 1.82) is 0 Å². The lowest BCUT2D eigenvalue weighted by molar-refractivity contribution is -0.268. The Balaban J connectivity index is 0.978. The van der Waals surface area contributed by atoms with Gasteiger partial charge in [-0.1, -0.05) is 79.7 Å². The summed E-state index contributed by atoms with van der Waals surface area (Å²) in [5.74, 6) is 1.88. The number of aromatic carboxylic acids is 1. The molecule has 0 radical (unpaired) electrons. The molecule has 1 aliphatic heterocycles. The first kappa shape index (κ1) is 35.9. The molecule has 53 heavy (non-hydrogen) atoms. The van der Waals surface area contributed by atoms with Crippen molar-refractivity contribution in [3.8, 4) is 11.1 Å². The second-order valence-electron chi connectivity index (χ2n) is 15.8. The highest BCUT2D eigenvalue weighted by Crippen LogP contribution is 2.55. The number of hydrogen-bond acceptors (Lipinski definition) is 6. The van der Waals surface area contributed by atoms with Crippen molar-refractivity contribution in [2.75, 3.05) is 5.75 Å². The maximum absolute atomic E-state index is 13.2. The van der Waals surface area contributed by atoms with E-state index in [0.717, 1.165) is 70.4 Å². The zero-order chi connectivity index (χ0) is 36.5. The van der Waals surface area contributed by atoms with Crippen molar-refractivity contribution < 1.29 is 29.3 Å². The van der Waals surface area contributed by atoms with Crippen LogP contribution in [0, 0.1) is 23.7 Å². The number of carbonyl (C=O) groups is 2. The molecule has 0 unspecified atom stereocenters. The van der Waals surface area contributed by atoms with Gasteiger partial charge in [0.25, 0.3) is 0 Å². The molecule has 4 N–H and O–H groups in total. The molecular weight excluding hydrogens is 685 g/mol. The summed E-state index contributed by atoms with van der Waals surface area (Å²) >= 11 is 1.48. The van der Waals surface area contributed by atoms with Gasteiger partial charge in [-0.15, -0.1) is 11.8 Å². The van der Waals surface area contributed by atoms with Gasteiger partial charge in [-0.05, 0) is 108 Å². The SMILES string of the molecule is C[C@@H]1[C@H](CSc2ccccc2C(=O)O)O[C@H](c2cccc(-c3cccc(CNC(=O)NC45CC6CC(CC(C6)C4)C5)c3)c2)O[C@@H]1c1ccc(CO)cc1. The highest BCUT2D eigenvalue weighted by molar-refractivity contribution is 7.99. The van der Waals surface area contributed by atoms with E-state index in [0.29, 0.717) is 17.2 Å².